The molecule has 0 fully saturated rings. The van der Waals surface area contributed by atoms with Crippen LogP contribution in [0.5, 0.6) is 5.75 Å². The number of rotatable bonds is 1. The van der Waals surface area contributed by atoms with E-state index in [1.807, 2.05) is 30.0 Å². The first-order valence-electron chi connectivity index (χ1n) is 7.60. The fourth-order valence-corrected chi connectivity index (χ4v) is 3.23. The monoisotopic (exact) mass is 342 g/mol. The zero-order valence-corrected chi connectivity index (χ0v) is 14.1. The van der Waals surface area contributed by atoms with E-state index in [1.165, 1.54) is 0 Å². The van der Waals surface area contributed by atoms with Crippen LogP contribution >= 0.6 is 11.6 Å². The average Bonchev–Trinajstić information content (AvgIpc) is 2.61. The highest BCUT2D eigenvalue weighted by molar-refractivity contribution is 6.33. The average molecular weight is 343 g/mol. The van der Waals surface area contributed by atoms with Crippen molar-refractivity contribution in [2.45, 2.75) is 20.4 Å². The van der Waals surface area contributed by atoms with Gasteiger partial charge in [-0.05, 0) is 37.6 Å². The van der Waals surface area contributed by atoms with E-state index in [-0.39, 0.29) is 5.63 Å². The van der Waals surface area contributed by atoms with Gasteiger partial charge in [0, 0.05) is 17.1 Å². The summed E-state index contributed by atoms with van der Waals surface area (Å²) in [7, 11) is 0. The highest BCUT2D eigenvalue weighted by atomic mass is 35.5. The Morgan fingerprint density at radius 3 is 2.83 bits per heavy atom. The first-order chi connectivity index (χ1) is 11.6. The van der Waals surface area contributed by atoms with Gasteiger partial charge in [0.05, 0.1) is 17.1 Å². The number of benzene rings is 1. The van der Waals surface area contributed by atoms with Gasteiger partial charge in [-0.25, -0.2) is 9.78 Å². The first-order valence-corrected chi connectivity index (χ1v) is 7.98. The highest BCUT2D eigenvalue weighted by Crippen LogP contribution is 2.40. The lowest BCUT2D eigenvalue weighted by Gasteiger charge is -2.30. The smallest absolute Gasteiger partial charge is 0.339 e. The van der Waals surface area contributed by atoms with Crippen LogP contribution in [0.3, 0.4) is 0 Å². The molecule has 6 heteroatoms. The summed E-state index contributed by atoms with van der Waals surface area (Å²) in [5.74, 6) is 1.37. The quantitative estimate of drug-likeness (QED) is 0.629. The Bertz CT molecular complexity index is 999. The molecular weight excluding hydrogens is 328 g/mol. The minimum atomic E-state index is -0.334. The van der Waals surface area contributed by atoms with Crippen LogP contribution in [-0.4, -0.2) is 11.7 Å². The summed E-state index contributed by atoms with van der Waals surface area (Å²) in [5, 5.41) is 1.36. The summed E-state index contributed by atoms with van der Waals surface area (Å²) in [6, 6.07) is 7.49. The van der Waals surface area contributed by atoms with Crippen LogP contribution in [0.4, 0.5) is 5.82 Å². The molecule has 0 radical (unpaired) electrons. The fourth-order valence-electron chi connectivity index (χ4n) is 2.95. The minimum absolute atomic E-state index is 0.334. The molecule has 4 rings (SSSR count). The normalized spacial score (nSPS) is 13.7. The molecule has 0 saturated heterocycles. The van der Waals surface area contributed by atoms with Crippen molar-refractivity contribution >= 4 is 28.4 Å². The molecule has 3 heterocycles. The number of fused-ring (bicyclic) bond motifs is 3. The van der Waals surface area contributed by atoms with E-state index in [0.717, 1.165) is 22.3 Å². The van der Waals surface area contributed by atoms with Gasteiger partial charge in [0.15, 0.2) is 6.73 Å². The van der Waals surface area contributed by atoms with Crippen molar-refractivity contribution in [3.05, 3.63) is 62.6 Å². The molecule has 0 saturated carbocycles. The minimum Gasteiger partial charge on any atom is -0.471 e. The molecule has 2 aromatic heterocycles. The van der Waals surface area contributed by atoms with Gasteiger partial charge in [0.1, 0.15) is 17.2 Å². The summed E-state index contributed by atoms with van der Waals surface area (Å²) in [5.41, 5.74) is 2.44. The Morgan fingerprint density at radius 1 is 1.25 bits per heavy atom. The van der Waals surface area contributed by atoms with Crippen molar-refractivity contribution in [3.8, 4) is 5.75 Å². The maximum Gasteiger partial charge on any atom is 0.339 e. The molecule has 0 atom stereocenters. The van der Waals surface area contributed by atoms with Crippen molar-refractivity contribution in [1.29, 1.82) is 0 Å². The Kier molecular flexibility index (Phi) is 3.46. The number of anilines is 1. The SMILES string of the molecule is Cc1c(C)c2cc(Cl)c3c(c2oc1=O)CN(c1ccccn1)CO3. The highest BCUT2D eigenvalue weighted by Gasteiger charge is 2.26. The van der Waals surface area contributed by atoms with Crippen molar-refractivity contribution in [2.75, 3.05) is 11.6 Å². The molecule has 0 amide bonds. The van der Waals surface area contributed by atoms with E-state index < -0.39 is 0 Å². The maximum atomic E-state index is 12.1. The summed E-state index contributed by atoms with van der Waals surface area (Å²) in [4.78, 5) is 18.4. The number of pyridine rings is 1. The Balaban J connectivity index is 1.93. The van der Waals surface area contributed by atoms with Gasteiger partial charge in [-0.15, -0.1) is 0 Å². The first kappa shape index (κ1) is 15.0. The van der Waals surface area contributed by atoms with E-state index >= 15 is 0 Å². The summed E-state index contributed by atoms with van der Waals surface area (Å²) < 4.78 is 11.4. The summed E-state index contributed by atoms with van der Waals surface area (Å²) >= 11 is 6.40. The van der Waals surface area contributed by atoms with Gasteiger partial charge >= 0.3 is 5.63 Å². The van der Waals surface area contributed by atoms with E-state index in [0.29, 0.717) is 35.2 Å². The topological polar surface area (TPSA) is 55.6 Å². The molecule has 0 aliphatic carbocycles. The fraction of sp³-hybridized carbons (Fsp3) is 0.222. The van der Waals surface area contributed by atoms with E-state index in [4.69, 9.17) is 20.8 Å². The third-order valence-corrected chi connectivity index (χ3v) is 4.72. The van der Waals surface area contributed by atoms with Crippen molar-refractivity contribution in [3.63, 3.8) is 0 Å². The second kappa shape index (κ2) is 5.53. The molecule has 0 N–H and O–H groups in total. The number of nitrogens with zero attached hydrogens (tertiary/aromatic N) is 2. The molecule has 122 valence electrons. The maximum absolute atomic E-state index is 12.1. The van der Waals surface area contributed by atoms with Gasteiger partial charge in [0.2, 0.25) is 0 Å². The second-order valence-electron chi connectivity index (χ2n) is 5.84. The van der Waals surface area contributed by atoms with Gasteiger partial charge in [-0.1, -0.05) is 17.7 Å². The molecule has 24 heavy (non-hydrogen) atoms. The molecular formula is C18H15ClN2O3. The predicted molar refractivity (Wildman–Crippen MR) is 92.9 cm³/mol. The summed E-state index contributed by atoms with van der Waals surface area (Å²) in [6.45, 7) is 4.50. The number of ether oxygens (including phenoxy) is 1. The van der Waals surface area contributed by atoms with Crippen molar-refractivity contribution < 1.29 is 9.15 Å². The zero-order valence-electron chi connectivity index (χ0n) is 13.3. The van der Waals surface area contributed by atoms with Crippen LogP contribution in [0.1, 0.15) is 16.7 Å². The van der Waals surface area contributed by atoms with Gasteiger partial charge in [-0.3, -0.25) is 0 Å². The molecule has 1 aliphatic rings. The third-order valence-electron chi connectivity index (χ3n) is 4.44. The second-order valence-corrected chi connectivity index (χ2v) is 6.25. The Labute approximate surface area is 143 Å². The molecule has 0 spiro atoms. The zero-order chi connectivity index (χ0) is 16.8. The van der Waals surface area contributed by atoms with E-state index in [2.05, 4.69) is 4.98 Å². The predicted octanol–water partition coefficient (Wildman–Crippen LogP) is 3.81. The number of hydrogen-bond donors (Lipinski definition) is 0. The molecule has 3 aromatic rings. The number of aryl methyl sites for hydroxylation is 1. The lowest BCUT2D eigenvalue weighted by atomic mass is 10.0. The molecule has 0 bridgehead atoms. The van der Waals surface area contributed by atoms with Crippen molar-refractivity contribution in [1.82, 2.24) is 4.98 Å². The number of aromatic nitrogens is 1. The van der Waals surface area contributed by atoms with Crippen LogP contribution < -0.4 is 15.3 Å². The Morgan fingerprint density at radius 2 is 2.08 bits per heavy atom. The van der Waals surface area contributed by atoms with Crippen LogP contribution in [0, 0.1) is 13.8 Å². The number of halogens is 1. The van der Waals surface area contributed by atoms with Gasteiger partial charge in [-0.2, -0.15) is 0 Å². The van der Waals surface area contributed by atoms with Crippen LogP contribution in [0.15, 0.2) is 39.7 Å². The molecule has 0 unspecified atom stereocenters. The van der Waals surface area contributed by atoms with E-state index in [1.54, 1.807) is 19.2 Å². The Hall–Kier alpha value is -2.53. The largest absolute Gasteiger partial charge is 0.471 e. The third kappa shape index (κ3) is 2.24. The molecule has 1 aliphatic heterocycles. The summed E-state index contributed by atoms with van der Waals surface area (Å²) in [6.07, 6.45) is 1.73. The van der Waals surface area contributed by atoms with Gasteiger partial charge < -0.3 is 14.1 Å². The van der Waals surface area contributed by atoms with Crippen LogP contribution in [0.2, 0.25) is 5.02 Å². The lowest BCUT2D eigenvalue weighted by Crippen LogP contribution is -2.32. The van der Waals surface area contributed by atoms with Crippen LogP contribution in [-0.2, 0) is 6.54 Å². The van der Waals surface area contributed by atoms with E-state index in [9.17, 15) is 4.79 Å². The molecule has 1 aromatic carbocycles. The lowest BCUT2D eigenvalue weighted by molar-refractivity contribution is 0.288. The molecule has 5 nitrogen and oxygen atoms in total. The van der Waals surface area contributed by atoms with Crippen LogP contribution in [0.25, 0.3) is 11.0 Å². The van der Waals surface area contributed by atoms with Crippen molar-refractivity contribution in [2.24, 2.45) is 0 Å². The van der Waals surface area contributed by atoms with Gasteiger partial charge in [0.25, 0.3) is 0 Å². The standard InChI is InChI=1S/C18H15ClN2O3/c1-10-11(2)18(22)24-16-12(10)7-14(19)17-13(16)8-21(9-23-17)15-5-3-4-6-20-15/h3-7H,8-9H2,1-2H3. The number of hydrogen-bond acceptors (Lipinski definition) is 5.